The maximum absolute atomic E-state index is 13.1. The molecule has 0 radical (unpaired) electrons. The van der Waals surface area contributed by atoms with E-state index in [-0.39, 0.29) is 12.3 Å². The van der Waals surface area contributed by atoms with Crippen molar-refractivity contribution in [2.75, 3.05) is 0 Å². The van der Waals surface area contributed by atoms with Crippen molar-refractivity contribution in [2.24, 2.45) is 17.4 Å². The van der Waals surface area contributed by atoms with Crippen LogP contribution in [-0.4, -0.2) is 105 Å². The third-order valence-corrected chi connectivity index (χ3v) is 5.86. The van der Waals surface area contributed by atoms with Crippen LogP contribution in [0.25, 0.3) is 0 Å². The fourth-order valence-electron chi connectivity index (χ4n) is 3.52. The van der Waals surface area contributed by atoms with Gasteiger partial charge in [-0.1, -0.05) is 13.8 Å². The smallest absolute Gasteiger partial charge is 0.325 e. The normalized spacial score (nSPS) is 15.8. The Kier molecular flexibility index (Phi) is 16.4. The van der Waals surface area contributed by atoms with Gasteiger partial charge in [0.25, 0.3) is 0 Å². The van der Waals surface area contributed by atoms with Crippen LogP contribution in [0, 0.1) is 5.92 Å². The first-order valence-corrected chi connectivity index (χ1v) is 13.4. The van der Waals surface area contributed by atoms with E-state index in [1.165, 1.54) is 6.92 Å². The molecule has 7 atom stereocenters. The Labute approximate surface area is 248 Å². The Morgan fingerprint density at radius 2 is 1.16 bits per heavy atom. The molecule has 6 amide bonds. The van der Waals surface area contributed by atoms with Gasteiger partial charge in [-0.25, -0.2) is 0 Å². The summed E-state index contributed by atoms with van der Waals surface area (Å²) in [6, 6.07) is -8.52. The molecular weight excluding hydrogens is 574 g/mol. The minimum Gasteiger partial charge on any atom is -0.481 e. The number of aliphatic hydroxyl groups is 1. The van der Waals surface area contributed by atoms with E-state index in [0.29, 0.717) is 0 Å². The van der Waals surface area contributed by atoms with Crippen molar-refractivity contribution in [1.29, 1.82) is 0 Å². The van der Waals surface area contributed by atoms with Crippen LogP contribution in [0.5, 0.6) is 0 Å². The maximum Gasteiger partial charge on any atom is 0.325 e. The number of rotatable bonds is 19. The zero-order valence-electron chi connectivity index (χ0n) is 24.7. The molecule has 0 aromatic heterocycles. The lowest BCUT2D eigenvalue weighted by atomic mass is 10.0. The van der Waals surface area contributed by atoms with E-state index in [0.717, 1.165) is 13.8 Å². The largest absolute Gasteiger partial charge is 0.481 e. The first-order chi connectivity index (χ1) is 19.8. The average molecular weight is 618 g/mol. The number of aliphatic carboxylic acids is 2. The van der Waals surface area contributed by atoms with Crippen molar-refractivity contribution < 1.29 is 53.7 Å². The van der Waals surface area contributed by atoms with Crippen LogP contribution in [0.1, 0.15) is 60.3 Å². The number of nitrogens with two attached hydrogens (primary N) is 2. The number of hydrogen-bond donors (Lipinski definition) is 10. The SMILES string of the molecule is CC(C)CC(NC(=O)C(C)N)C(=O)NC(C(=O)NC(CC(N)=O)C(=O)NC(CCC(=O)O)C(=O)NC(C)C(=O)O)C(C)O. The highest BCUT2D eigenvalue weighted by Gasteiger charge is 2.34. The molecule has 0 bridgehead atoms. The highest BCUT2D eigenvalue weighted by Crippen LogP contribution is 2.08. The van der Waals surface area contributed by atoms with Crippen LogP contribution in [0.3, 0.4) is 0 Å². The number of carbonyl (C=O) groups excluding carboxylic acids is 6. The number of hydrogen-bond acceptors (Lipinski definition) is 10. The zero-order chi connectivity index (χ0) is 33.6. The van der Waals surface area contributed by atoms with Crippen LogP contribution >= 0.6 is 0 Å². The number of primary amides is 1. The van der Waals surface area contributed by atoms with Gasteiger partial charge in [-0.3, -0.25) is 38.4 Å². The lowest BCUT2D eigenvalue weighted by molar-refractivity contribution is -0.142. The molecule has 0 aliphatic carbocycles. The van der Waals surface area contributed by atoms with Crippen molar-refractivity contribution in [3.8, 4) is 0 Å². The van der Waals surface area contributed by atoms with Crippen molar-refractivity contribution >= 4 is 47.4 Å². The van der Waals surface area contributed by atoms with Crippen molar-refractivity contribution in [3.05, 3.63) is 0 Å². The Morgan fingerprint density at radius 1 is 0.674 bits per heavy atom. The van der Waals surface area contributed by atoms with Crippen LogP contribution in [0.2, 0.25) is 0 Å². The van der Waals surface area contributed by atoms with Gasteiger partial charge in [0.2, 0.25) is 35.4 Å². The van der Waals surface area contributed by atoms with Gasteiger partial charge in [0.05, 0.1) is 18.6 Å². The van der Waals surface area contributed by atoms with Crippen molar-refractivity contribution in [3.63, 3.8) is 0 Å². The van der Waals surface area contributed by atoms with E-state index < -0.39 is 109 Å². The number of amides is 6. The molecule has 43 heavy (non-hydrogen) atoms. The average Bonchev–Trinajstić information content (AvgIpc) is 2.87. The summed E-state index contributed by atoms with van der Waals surface area (Å²) < 4.78 is 0. The molecule has 18 heteroatoms. The molecule has 18 nitrogen and oxygen atoms in total. The van der Waals surface area contributed by atoms with Crippen LogP contribution in [0.4, 0.5) is 0 Å². The summed E-state index contributed by atoms with van der Waals surface area (Å²) in [7, 11) is 0. The van der Waals surface area contributed by atoms with Gasteiger partial charge in [-0.05, 0) is 39.5 Å². The van der Waals surface area contributed by atoms with E-state index >= 15 is 0 Å². The molecule has 12 N–H and O–H groups in total. The molecular formula is C25H43N7O11. The monoisotopic (exact) mass is 617 g/mol. The summed E-state index contributed by atoms with van der Waals surface area (Å²) in [6.07, 6.45) is -3.30. The third-order valence-electron chi connectivity index (χ3n) is 5.86. The van der Waals surface area contributed by atoms with Crippen molar-refractivity contribution in [1.82, 2.24) is 26.6 Å². The number of nitrogens with one attached hydrogen (secondary N) is 5. The van der Waals surface area contributed by atoms with Crippen LogP contribution in [-0.2, 0) is 38.4 Å². The summed E-state index contributed by atoms with van der Waals surface area (Å²) >= 11 is 0. The highest BCUT2D eigenvalue weighted by atomic mass is 16.4. The van der Waals surface area contributed by atoms with Crippen molar-refractivity contribution in [2.45, 2.75) is 103 Å². The van der Waals surface area contributed by atoms with E-state index in [2.05, 4.69) is 26.6 Å². The van der Waals surface area contributed by atoms with Gasteiger partial charge in [0, 0.05) is 6.42 Å². The standard InChI is InChI=1S/C25H43N7O11/c1-10(2)8-15(30-20(37)11(3)26)23(40)32-19(13(5)33)24(41)31-16(9-17(27)34)22(39)29-14(6-7-18(35)36)21(38)28-12(4)25(42)43/h10-16,19,33H,6-9,26H2,1-5H3,(H2,27,34)(H,28,38)(H,29,39)(H,30,37)(H,31,41)(H,32,40)(H,35,36)(H,42,43). The fraction of sp³-hybridized carbons (Fsp3) is 0.680. The molecule has 0 heterocycles. The molecule has 0 fully saturated rings. The van der Waals surface area contributed by atoms with Gasteiger partial charge >= 0.3 is 11.9 Å². The van der Waals surface area contributed by atoms with Gasteiger partial charge in [-0.15, -0.1) is 0 Å². The lowest BCUT2D eigenvalue weighted by Crippen LogP contribution is -2.61. The zero-order valence-corrected chi connectivity index (χ0v) is 24.7. The second kappa shape index (κ2) is 18.3. The molecule has 0 aromatic rings. The number of carbonyl (C=O) groups is 8. The molecule has 7 unspecified atom stereocenters. The first-order valence-electron chi connectivity index (χ1n) is 13.4. The number of aliphatic hydroxyl groups excluding tert-OH is 1. The van der Waals surface area contributed by atoms with E-state index in [1.54, 1.807) is 13.8 Å². The summed E-state index contributed by atoms with van der Waals surface area (Å²) in [5, 5.41) is 39.4. The summed E-state index contributed by atoms with van der Waals surface area (Å²) in [5.74, 6) is -8.74. The molecule has 244 valence electrons. The Morgan fingerprint density at radius 3 is 1.60 bits per heavy atom. The quantitative estimate of drug-likeness (QED) is 0.0663. The minimum absolute atomic E-state index is 0.0867. The van der Waals surface area contributed by atoms with E-state index in [9.17, 15) is 43.5 Å². The number of carboxylic acid groups (broad SMARTS) is 2. The topological polar surface area (TPSA) is 309 Å². The Balaban J connectivity index is 5.96. The Hall–Kier alpha value is -4.32. The Bertz CT molecular complexity index is 1050. The molecule has 0 aliphatic rings. The van der Waals surface area contributed by atoms with Crippen LogP contribution in [0.15, 0.2) is 0 Å². The second-order valence-electron chi connectivity index (χ2n) is 10.5. The number of carboxylic acids is 2. The van der Waals surface area contributed by atoms with Gasteiger partial charge in [0.15, 0.2) is 0 Å². The maximum atomic E-state index is 13.1. The summed E-state index contributed by atoms with van der Waals surface area (Å²) in [4.78, 5) is 97.6. The fourth-order valence-corrected chi connectivity index (χ4v) is 3.52. The van der Waals surface area contributed by atoms with Gasteiger partial charge in [0.1, 0.15) is 30.2 Å². The van der Waals surface area contributed by atoms with Gasteiger partial charge in [-0.2, -0.15) is 0 Å². The predicted octanol–water partition coefficient (Wildman–Crippen LogP) is -3.97. The molecule has 0 saturated carbocycles. The minimum atomic E-state index is -1.76. The molecule has 0 saturated heterocycles. The highest BCUT2D eigenvalue weighted by molar-refractivity contribution is 5.98. The summed E-state index contributed by atoms with van der Waals surface area (Å²) in [6.45, 7) is 7.23. The second-order valence-corrected chi connectivity index (χ2v) is 10.5. The third kappa shape index (κ3) is 14.9. The summed E-state index contributed by atoms with van der Waals surface area (Å²) in [5.41, 5.74) is 10.8. The molecule has 0 spiro atoms. The molecule has 0 aliphatic heterocycles. The van der Waals surface area contributed by atoms with E-state index in [4.69, 9.17) is 21.7 Å². The molecule has 0 rings (SSSR count). The molecule has 0 aromatic carbocycles. The van der Waals surface area contributed by atoms with Crippen LogP contribution < -0.4 is 38.1 Å². The lowest BCUT2D eigenvalue weighted by Gasteiger charge is -2.28. The first kappa shape index (κ1) is 38.7. The predicted molar refractivity (Wildman–Crippen MR) is 148 cm³/mol. The van der Waals surface area contributed by atoms with E-state index in [1.807, 2.05) is 0 Å². The van der Waals surface area contributed by atoms with Gasteiger partial charge < -0.3 is 53.4 Å².